The van der Waals surface area contributed by atoms with Crippen LogP contribution in [0.5, 0.6) is 0 Å². The zero-order chi connectivity index (χ0) is 14.3. The predicted molar refractivity (Wildman–Crippen MR) is 81.8 cm³/mol. The molecule has 0 radical (unpaired) electrons. The second-order valence-corrected chi connectivity index (χ2v) is 5.88. The summed E-state index contributed by atoms with van der Waals surface area (Å²) in [6.45, 7) is 3.92. The van der Waals surface area contributed by atoms with Crippen molar-refractivity contribution in [3.8, 4) is 0 Å². The van der Waals surface area contributed by atoms with Gasteiger partial charge < -0.3 is 11.1 Å². The summed E-state index contributed by atoms with van der Waals surface area (Å²) in [5.74, 6) is 0.0668. The molecule has 3 heteroatoms. The summed E-state index contributed by atoms with van der Waals surface area (Å²) >= 11 is 0. The Bertz CT molecular complexity index is 672. The van der Waals surface area contributed by atoms with Gasteiger partial charge in [0.15, 0.2) is 0 Å². The van der Waals surface area contributed by atoms with E-state index in [-0.39, 0.29) is 5.91 Å². The van der Waals surface area contributed by atoms with E-state index < -0.39 is 5.41 Å². The van der Waals surface area contributed by atoms with Crippen molar-refractivity contribution in [1.82, 2.24) is 0 Å². The first-order valence-electron chi connectivity index (χ1n) is 6.76. The normalized spacial score (nSPS) is 15.8. The van der Waals surface area contributed by atoms with E-state index in [1.54, 1.807) is 0 Å². The molecule has 3 nitrogen and oxygen atoms in total. The molecular formula is C17H18N2O. The average Bonchev–Trinajstić information content (AvgIpc) is 2.64. The zero-order valence-corrected chi connectivity index (χ0v) is 11.7. The Hall–Kier alpha value is -2.29. The van der Waals surface area contributed by atoms with Gasteiger partial charge in [0.25, 0.3) is 0 Å². The van der Waals surface area contributed by atoms with Crippen LogP contribution < -0.4 is 11.1 Å². The highest BCUT2D eigenvalue weighted by atomic mass is 16.2. The van der Waals surface area contributed by atoms with Gasteiger partial charge >= 0.3 is 0 Å². The maximum atomic E-state index is 11.9. The van der Waals surface area contributed by atoms with Crippen molar-refractivity contribution in [2.75, 3.05) is 11.1 Å². The number of nitrogen functional groups attached to an aromatic ring is 1. The molecule has 2 aromatic rings. The van der Waals surface area contributed by atoms with E-state index in [1.807, 2.05) is 44.2 Å². The highest BCUT2D eigenvalue weighted by Gasteiger charge is 2.38. The molecule has 102 valence electrons. The monoisotopic (exact) mass is 266 g/mol. The molecule has 1 aliphatic heterocycles. The molecule has 0 fully saturated rings. The lowest BCUT2D eigenvalue weighted by molar-refractivity contribution is -0.119. The quantitative estimate of drug-likeness (QED) is 0.821. The Morgan fingerprint density at radius 3 is 2.40 bits per heavy atom. The van der Waals surface area contributed by atoms with Crippen LogP contribution in [0.2, 0.25) is 0 Å². The molecule has 0 saturated heterocycles. The number of nitrogens with one attached hydrogen (secondary N) is 1. The summed E-state index contributed by atoms with van der Waals surface area (Å²) in [6.07, 6.45) is 0.845. The van der Waals surface area contributed by atoms with E-state index in [9.17, 15) is 4.79 Å². The minimum Gasteiger partial charge on any atom is -0.399 e. The molecule has 20 heavy (non-hydrogen) atoms. The summed E-state index contributed by atoms with van der Waals surface area (Å²) in [4.78, 5) is 11.9. The molecule has 3 N–H and O–H groups in total. The average molecular weight is 266 g/mol. The number of rotatable bonds is 2. The fraction of sp³-hybridized carbons (Fsp3) is 0.235. The van der Waals surface area contributed by atoms with E-state index >= 15 is 0 Å². The smallest absolute Gasteiger partial charge is 0.234 e. The van der Waals surface area contributed by atoms with Gasteiger partial charge in [0.05, 0.1) is 5.41 Å². The standard InChI is InChI=1S/C17H18N2O/c1-17(2)14-10-12(5-8-15(14)19-16(17)20)9-11-3-6-13(18)7-4-11/h3-8,10H,9,18H2,1-2H3,(H,19,20). The van der Waals surface area contributed by atoms with Crippen molar-refractivity contribution in [3.05, 3.63) is 59.2 Å². The van der Waals surface area contributed by atoms with Crippen molar-refractivity contribution in [3.63, 3.8) is 0 Å². The maximum absolute atomic E-state index is 11.9. The predicted octanol–water partition coefficient (Wildman–Crippen LogP) is 3.09. The number of fused-ring (bicyclic) bond motifs is 1. The number of hydrogen-bond acceptors (Lipinski definition) is 2. The van der Waals surface area contributed by atoms with Crippen molar-refractivity contribution < 1.29 is 4.79 Å². The second-order valence-electron chi connectivity index (χ2n) is 5.88. The van der Waals surface area contributed by atoms with Gasteiger partial charge in [-0.1, -0.05) is 24.3 Å². The number of anilines is 2. The van der Waals surface area contributed by atoms with Gasteiger partial charge in [-0.2, -0.15) is 0 Å². The molecule has 0 bridgehead atoms. The third-order valence-corrected chi connectivity index (χ3v) is 3.96. The minimum atomic E-state index is -0.452. The van der Waals surface area contributed by atoms with Crippen LogP contribution in [0.4, 0.5) is 11.4 Å². The van der Waals surface area contributed by atoms with Crippen molar-refractivity contribution in [2.45, 2.75) is 25.7 Å². The SMILES string of the molecule is CC1(C)C(=O)Nc2ccc(Cc3ccc(N)cc3)cc21. The molecule has 0 spiro atoms. The van der Waals surface area contributed by atoms with Crippen LogP contribution in [-0.4, -0.2) is 5.91 Å². The number of hydrogen-bond donors (Lipinski definition) is 2. The van der Waals surface area contributed by atoms with E-state index in [2.05, 4.69) is 17.4 Å². The molecule has 1 amide bonds. The van der Waals surface area contributed by atoms with Gasteiger partial charge in [-0.25, -0.2) is 0 Å². The van der Waals surface area contributed by atoms with E-state index in [1.165, 1.54) is 11.1 Å². The summed E-state index contributed by atoms with van der Waals surface area (Å²) in [5.41, 5.74) is 10.5. The molecule has 0 unspecified atom stereocenters. The van der Waals surface area contributed by atoms with Crippen LogP contribution in [0.15, 0.2) is 42.5 Å². The summed E-state index contributed by atoms with van der Waals surface area (Å²) < 4.78 is 0. The van der Waals surface area contributed by atoms with Gasteiger partial charge in [0, 0.05) is 11.4 Å². The second kappa shape index (κ2) is 4.37. The lowest BCUT2D eigenvalue weighted by atomic mass is 9.85. The fourth-order valence-corrected chi connectivity index (χ4v) is 2.60. The van der Waals surface area contributed by atoms with Crippen LogP contribution >= 0.6 is 0 Å². The topological polar surface area (TPSA) is 55.1 Å². The molecule has 1 heterocycles. The molecule has 1 aliphatic rings. The maximum Gasteiger partial charge on any atom is 0.234 e. The molecule has 2 aromatic carbocycles. The van der Waals surface area contributed by atoms with Gasteiger partial charge in [-0.15, -0.1) is 0 Å². The molecule has 0 saturated carbocycles. The first kappa shape index (κ1) is 12.7. The molecule has 0 aromatic heterocycles. The number of benzene rings is 2. The van der Waals surface area contributed by atoms with Crippen LogP contribution in [0.1, 0.15) is 30.5 Å². The highest BCUT2D eigenvalue weighted by Crippen LogP contribution is 2.37. The highest BCUT2D eigenvalue weighted by molar-refractivity contribution is 6.05. The third kappa shape index (κ3) is 2.05. The van der Waals surface area contributed by atoms with E-state index in [0.29, 0.717) is 0 Å². The summed E-state index contributed by atoms with van der Waals surface area (Å²) in [5, 5.41) is 2.93. The molecule has 0 atom stereocenters. The Kier molecular flexibility index (Phi) is 2.78. The van der Waals surface area contributed by atoms with E-state index in [4.69, 9.17) is 5.73 Å². The molecule has 3 rings (SSSR count). The first-order valence-corrected chi connectivity index (χ1v) is 6.76. The van der Waals surface area contributed by atoms with Gasteiger partial charge in [0.1, 0.15) is 0 Å². The van der Waals surface area contributed by atoms with Gasteiger partial charge in [0.2, 0.25) is 5.91 Å². The Morgan fingerprint density at radius 1 is 1.05 bits per heavy atom. The van der Waals surface area contributed by atoms with Crippen LogP contribution in [0.25, 0.3) is 0 Å². The number of nitrogens with two attached hydrogens (primary N) is 1. The van der Waals surface area contributed by atoms with Crippen LogP contribution in [-0.2, 0) is 16.6 Å². The number of carbonyl (C=O) groups is 1. The zero-order valence-electron chi connectivity index (χ0n) is 11.7. The largest absolute Gasteiger partial charge is 0.399 e. The van der Waals surface area contributed by atoms with Crippen LogP contribution in [0, 0.1) is 0 Å². The molecular weight excluding hydrogens is 248 g/mol. The summed E-state index contributed by atoms with van der Waals surface area (Å²) in [7, 11) is 0. The number of carbonyl (C=O) groups excluding carboxylic acids is 1. The molecule has 0 aliphatic carbocycles. The summed E-state index contributed by atoms with van der Waals surface area (Å²) in [6, 6.07) is 14.1. The first-order chi connectivity index (χ1) is 9.46. The van der Waals surface area contributed by atoms with Gasteiger partial charge in [-0.05, 0) is 55.2 Å². The van der Waals surface area contributed by atoms with Gasteiger partial charge in [-0.3, -0.25) is 4.79 Å². The third-order valence-electron chi connectivity index (χ3n) is 3.96. The number of amides is 1. The van der Waals surface area contributed by atoms with Crippen molar-refractivity contribution in [2.24, 2.45) is 0 Å². The fourth-order valence-electron chi connectivity index (χ4n) is 2.60. The van der Waals surface area contributed by atoms with E-state index in [0.717, 1.165) is 23.4 Å². The van der Waals surface area contributed by atoms with Crippen LogP contribution in [0.3, 0.4) is 0 Å². The Labute approximate surface area is 118 Å². The lowest BCUT2D eigenvalue weighted by Crippen LogP contribution is -2.26. The Morgan fingerprint density at radius 2 is 1.70 bits per heavy atom. The van der Waals surface area contributed by atoms with Crippen molar-refractivity contribution in [1.29, 1.82) is 0 Å². The minimum absolute atomic E-state index is 0.0668. The Balaban J connectivity index is 1.92. The lowest BCUT2D eigenvalue weighted by Gasteiger charge is -2.16. The van der Waals surface area contributed by atoms with Crippen molar-refractivity contribution >= 4 is 17.3 Å².